The molecule has 0 aliphatic carbocycles. The third kappa shape index (κ3) is 3.26. The summed E-state index contributed by atoms with van der Waals surface area (Å²) < 4.78 is 19.4. The summed E-state index contributed by atoms with van der Waals surface area (Å²) in [5.74, 6) is -0.247. The van der Waals surface area contributed by atoms with Gasteiger partial charge in [-0.1, -0.05) is 28.1 Å². The van der Waals surface area contributed by atoms with E-state index in [2.05, 4.69) is 21.2 Å². The van der Waals surface area contributed by atoms with E-state index in [1.54, 1.807) is 18.2 Å². The Morgan fingerprint density at radius 3 is 2.65 bits per heavy atom. The molecule has 20 heavy (non-hydrogen) atoms. The molecule has 0 radical (unpaired) electrons. The van der Waals surface area contributed by atoms with E-state index in [1.165, 1.54) is 13.2 Å². The molecule has 0 bridgehead atoms. The summed E-state index contributed by atoms with van der Waals surface area (Å²) in [5, 5.41) is 3.09. The molecule has 104 valence electrons. The molecule has 3 nitrogen and oxygen atoms in total. The average molecular weight is 355 g/mol. The minimum atomic E-state index is -0.440. The van der Waals surface area contributed by atoms with E-state index < -0.39 is 5.82 Å². The third-order valence-electron chi connectivity index (χ3n) is 2.68. The monoisotopic (exact) mass is 354 g/mol. The van der Waals surface area contributed by atoms with E-state index in [1.807, 2.05) is 12.1 Å². The molecule has 2 aromatic rings. The maximum Gasteiger partial charge on any atom is 0.167 e. The number of benzene rings is 2. The topological polar surface area (TPSA) is 47.3 Å². The largest absolute Gasteiger partial charge is 0.494 e. The van der Waals surface area contributed by atoms with Crippen molar-refractivity contribution in [3.05, 3.63) is 52.3 Å². The first kappa shape index (κ1) is 14.7. The SMILES string of the molecule is COc1ccc(Nc2cc(Br)ccc2C(N)=S)cc1F. The van der Waals surface area contributed by atoms with E-state index in [9.17, 15) is 4.39 Å². The Hall–Kier alpha value is -1.66. The molecule has 0 aliphatic heterocycles. The number of thiocarbonyl (C=S) groups is 1. The predicted octanol–water partition coefficient (Wildman–Crippen LogP) is 3.97. The van der Waals surface area contributed by atoms with Crippen LogP contribution in [-0.4, -0.2) is 12.1 Å². The Bertz CT molecular complexity index is 664. The molecule has 0 spiro atoms. The number of halogens is 2. The van der Waals surface area contributed by atoms with Gasteiger partial charge in [0.1, 0.15) is 4.99 Å². The highest BCUT2D eigenvalue weighted by Crippen LogP contribution is 2.27. The van der Waals surface area contributed by atoms with Crippen LogP contribution in [0.2, 0.25) is 0 Å². The zero-order valence-electron chi connectivity index (χ0n) is 10.6. The average Bonchev–Trinajstić information content (AvgIpc) is 2.38. The van der Waals surface area contributed by atoms with E-state index in [0.717, 1.165) is 4.47 Å². The number of hydrogen-bond donors (Lipinski definition) is 2. The number of nitrogens with two attached hydrogens (primary N) is 1. The van der Waals surface area contributed by atoms with Crippen molar-refractivity contribution in [1.29, 1.82) is 0 Å². The highest BCUT2D eigenvalue weighted by atomic mass is 79.9. The summed E-state index contributed by atoms with van der Waals surface area (Å²) in [4.78, 5) is 0.272. The van der Waals surface area contributed by atoms with E-state index in [-0.39, 0.29) is 10.7 Å². The molecule has 6 heteroatoms. The second kappa shape index (κ2) is 6.19. The molecule has 3 N–H and O–H groups in total. The third-order valence-corrected chi connectivity index (χ3v) is 3.39. The minimum absolute atomic E-state index is 0.194. The first-order valence-corrected chi connectivity index (χ1v) is 6.91. The van der Waals surface area contributed by atoms with Gasteiger partial charge in [0.15, 0.2) is 11.6 Å². The molecule has 0 aliphatic rings. The van der Waals surface area contributed by atoms with Crippen LogP contribution in [0.4, 0.5) is 15.8 Å². The van der Waals surface area contributed by atoms with Gasteiger partial charge in [0.05, 0.1) is 7.11 Å². The summed E-state index contributed by atoms with van der Waals surface area (Å²) in [5.41, 5.74) is 7.66. The van der Waals surface area contributed by atoms with Crippen molar-refractivity contribution in [3.8, 4) is 5.75 Å². The van der Waals surface area contributed by atoms with Gasteiger partial charge in [-0.05, 0) is 30.3 Å². The number of methoxy groups -OCH3 is 1. The summed E-state index contributed by atoms with van der Waals surface area (Å²) in [6.07, 6.45) is 0. The Kier molecular flexibility index (Phi) is 4.57. The van der Waals surface area contributed by atoms with Crippen molar-refractivity contribution in [1.82, 2.24) is 0 Å². The number of anilines is 2. The van der Waals surface area contributed by atoms with Crippen LogP contribution in [0.5, 0.6) is 5.75 Å². The summed E-state index contributed by atoms with van der Waals surface area (Å²) >= 11 is 8.38. The quantitative estimate of drug-likeness (QED) is 0.815. The Balaban J connectivity index is 2.36. The van der Waals surface area contributed by atoms with E-state index in [0.29, 0.717) is 16.9 Å². The molecule has 0 heterocycles. The first-order chi connectivity index (χ1) is 9.51. The fourth-order valence-electron chi connectivity index (χ4n) is 1.73. The number of ether oxygens (including phenoxy) is 1. The second-order valence-corrected chi connectivity index (χ2v) is 5.38. The lowest BCUT2D eigenvalue weighted by Gasteiger charge is -2.12. The number of rotatable bonds is 4. The summed E-state index contributed by atoms with van der Waals surface area (Å²) in [7, 11) is 1.42. The van der Waals surface area contributed by atoms with Crippen LogP contribution in [0, 0.1) is 5.82 Å². The molecule has 0 aromatic heterocycles. The van der Waals surface area contributed by atoms with Crippen molar-refractivity contribution in [2.75, 3.05) is 12.4 Å². The van der Waals surface area contributed by atoms with Gasteiger partial charge in [-0.25, -0.2) is 4.39 Å². The van der Waals surface area contributed by atoms with Gasteiger partial charge < -0.3 is 15.8 Å². The van der Waals surface area contributed by atoms with E-state index >= 15 is 0 Å². The van der Waals surface area contributed by atoms with Crippen LogP contribution in [0.3, 0.4) is 0 Å². The molecule has 0 atom stereocenters. The van der Waals surface area contributed by atoms with Crippen LogP contribution < -0.4 is 15.8 Å². The maximum absolute atomic E-state index is 13.7. The standard InChI is InChI=1S/C14H12BrFN2OS/c1-19-13-5-3-9(7-11(13)16)18-12-6-8(15)2-4-10(12)14(17)20/h2-7,18H,1H3,(H2,17,20). The smallest absolute Gasteiger partial charge is 0.167 e. The summed E-state index contributed by atoms with van der Waals surface area (Å²) in [6.45, 7) is 0. The lowest BCUT2D eigenvalue weighted by molar-refractivity contribution is 0.386. The Morgan fingerprint density at radius 2 is 2.05 bits per heavy atom. The van der Waals surface area contributed by atoms with Gasteiger partial charge in [0, 0.05) is 27.5 Å². The highest BCUT2D eigenvalue weighted by molar-refractivity contribution is 9.10. The zero-order valence-corrected chi connectivity index (χ0v) is 13.0. The molecule has 0 amide bonds. The number of nitrogens with one attached hydrogen (secondary N) is 1. The van der Waals surface area contributed by atoms with Crippen molar-refractivity contribution >= 4 is 44.5 Å². The van der Waals surface area contributed by atoms with Crippen molar-refractivity contribution < 1.29 is 9.13 Å². The van der Waals surface area contributed by atoms with Crippen LogP contribution in [0.25, 0.3) is 0 Å². The van der Waals surface area contributed by atoms with Crippen LogP contribution in [0.1, 0.15) is 5.56 Å². The highest BCUT2D eigenvalue weighted by Gasteiger charge is 2.08. The fraction of sp³-hybridized carbons (Fsp3) is 0.0714. The maximum atomic E-state index is 13.7. The van der Waals surface area contributed by atoms with Gasteiger partial charge in [0.25, 0.3) is 0 Å². The Morgan fingerprint density at radius 1 is 1.30 bits per heavy atom. The molecule has 2 aromatic carbocycles. The van der Waals surface area contributed by atoms with Crippen LogP contribution >= 0.6 is 28.1 Å². The van der Waals surface area contributed by atoms with Crippen LogP contribution in [0.15, 0.2) is 40.9 Å². The van der Waals surface area contributed by atoms with E-state index in [4.69, 9.17) is 22.7 Å². The lowest BCUT2D eigenvalue weighted by Crippen LogP contribution is -2.11. The summed E-state index contributed by atoms with van der Waals surface area (Å²) in [6, 6.07) is 10.1. The van der Waals surface area contributed by atoms with Crippen molar-refractivity contribution in [2.45, 2.75) is 0 Å². The van der Waals surface area contributed by atoms with Gasteiger partial charge in [0.2, 0.25) is 0 Å². The van der Waals surface area contributed by atoms with Crippen molar-refractivity contribution in [3.63, 3.8) is 0 Å². The Labute approximate surface area is 130 Å². The first-order valence-electron chi connectivity index (χ1n) is 5.71. The predicted molar refractivity (Wildman–Crippen MR) is 86.3 cm³/mol. The molecule has 0 fully saturated rings. The molecule has 2 rings (SSSR count). The lowest BCUT2D eigenvalue weighted by atomic mass is 10.1. The van der Waals surface area contributed by atoms with Gasteiger partial charge >= 0.3 is 0 Å². The fourth-order valence-corrected chi connectivity index (χ4v) is 2.27. The zero-order chi connectivity index (χ0) is 14.7. The molecule has 0 unspecified atom stereocenters. The normalized spacial score (nSPS) is 10.2. The van der Waals surface area contributed by atoms with Gasteiger partial charge in [-0.2, -0.15) is 0 Å². The minimum Gasteiger partial charge on any atom is -0.494 e. The number of hydrogen-bond acceptors (Lipinski definition) is 3. The van der Waals surface area contributed by atoms with Gasteiger partial charge in [-0.3, -0.25) is 0 Å². The molecular weight excluding hydrogens is 343 g/mol. The molecule has 0 saturated carbocycles. The molecular formula is C14H12BrFN2OS. The molecule has 0 saturated heterocycles. The van der Waals surface area contributed by atoms with Crippen molar-refractivity contribution in [2.24, 2.45) is 5.73 Å². The van der Waals surface area contributed by atoms with Crippen LogP contribution in [-0.2, 0) is 0 Å². The van der Waals surface area contributed by atoms with Gasteiger partial charge in [-0.15, -0.1) is 0 Å². The second-order valence-electron chi connectivity index (χ2n) is 4.03.